The highest BCUT2D eigenvalue weighted by atomic mass is 35.5. The Morgan fingerprint density at radius 2 is 1.82 bits per heavy atom. The van der Waals surface area contributed by atoms with Gasteiger partial charge in [-0.3, -0.25) is 19.8 Å². The van der Waals surface area contributed by atoms with E-state index in [1.165, 1.54) is 31.0 Å². The highest BCUT2D eigenvalue weighted by Gasteiger charge is 2.41. The largest absolute Gasteiger partial charge is 0.335 e. The molecule has 1 aliphatic heterocycles. The first-order valence-electron chi connectivity index (χ1n) is 9.49. The van der Waals surface area contributed by atoms with Crippen LogP contribution < -0.4 is 0 Å². The zero-order chi connectivity index (χ0) is 19.6. The van der Waals surface area contributed by atoms with Crippen molar-refractivity contribution in [1.29, 1.82) is 0 Å². The highest BCUT2D eigenvalue weighted by Crippen LogP contribution is 2.32. The van der Waals surface area contributed by atoms with E-state index in [-0.39, 0.29) is 35.1 Å². The van der Waals surface area contributed by atoms with E-state index in [2.05, 4.69) is 4.90 Å². The summed E-state index contributed by atoms with van der Waals surface area (Å²) in [5, 5.41) is 12.3. The Morgan fingerprint density at radius 1 is 1.18 bits per heavy atom. The summed E-state index contributed by atoms with van der Waals surface area (Å²) in [5.41, 5.74) is 0.264. The van der Waals surface area contributed by atoms with Gasteiger partial charge < -0.3 is 4.90 Å². The molecule has 1 unspecified atom stereocenters. The van der Waals surface area contributed by atoms with E-state index in [0.29, 0.717) is 5.02 Å². The summed E-state index contributed by atoms with van der Waals surface area (Å²) in [6.45, 7) is 2.10. The zero-order valence-electron chi connectivity index (χ0n) is 15.9. The number of rotatable bonds is 5. The Balaban J connectivity index is 0.00000280. The topological polar surface area (TPSA) is 66.7 Å². The van der Waals surface area contributed by atoms with Gasteiger partial charge in [0, 0.05) is 29.6 Å². The van der Waals surface area contributed by atoms with Gasteiger partial charge in [0.25, 0.3) is 0 Å². The molecule has 2 aliphatic rings. The molecule has 1 aromatic rings. The summed E-state index contributed by atoms with van der Waals surface area (Å²) < 4.78 is 0. The van der Waals surface area contributed by atoms with Crippen LogP contribution in [0.2, 0.25) is 10.0 Å². The standard InChI is InChI=1S/C19H25Cl2N3O3.ClH/c1-22(16-6-2-3-7-17(16)23-10-4-5-11-23)19(25)18(24(26)27)13-8-9-14(20)15(21)12-13;/h8-9,12,16-18H,2-7,10-11H2,1H3;1H/t16-,17-,18?;/m1./s1. The number of likely N-dealkylation sites (tertiary alicyclic amines) is 1. The zero-order valence-corrected chi connectivity index (χ0v) is 18.2. The molecule has 6 nitrogen and oxygen atoms in total. The fourth-order valence-corrected chi connectivity index (χ4v) is 4.74. The van der Waals surface area contributed by atoms with E-state index < -0.39 is 16.9 Å². The predicted molar refractivity (Wildman–Crippen MR) is 113 cm³/mol. The normalized spacial score (nSPS) is 23.7. The maximum absolute atomic E-state index is 13.1. The summed E-state index contributed by atoms with van der Waals surface area (Å²) in [4.78, 5) is 28.4. The summed E-state index contributed by atoms with van der Waals surface area (Å²) in [5.74, 6) is -0.491. The van der Waals surface area contributed by atoms with Crippen molar-refractivity contribution in [2.24, 2.45) is 0 Å². The molecule has 1 amide bonds. The molecular formula is C19H26Cl3N3O3. The monoisotopic (exact) mass is 449 g/mol. The number of nitro groups is 1. The third-order valence-corrected chi connectivity index (χ3v) is 6.59. The second-order valence-electron chi connectivity index (χ2n) is 7.47. The molecule has 0 spiro atoms. The Kier molecular flexibility index (Phi) is 8.37. The number of amides is 1. The quantitative estimate of drug-likeness (QED) is 0.486. The van der Waals surface area contributed by atoms with Crippen LogP contribution >= 0.6 is 35.6 Å². The lowest BCUT2D eigenvalue weighted by atomic mass is 9.87. The summed E-state index contributed by atoms with van der Waals surface area (Å²) in [7, 11) is 1.70. The maximum Gasteiger partial charge on any atom is 0.315 e. The minimum absolute atomic E-state index is 0. The molecule has 156 valence electrons. The molecule has 1 aromatic carbocycles. The second-order valence-corrected chi connectivity index (χ2v) is 8.29. The van der Waals surface area contributed by atoms with Gasteiger partial charge in [-0.1, -0.05) is 42.1 Å². The van der Waals surface area contributed by atoms with Crippen LogP contribution in [-0.4, -0.2) is 52.9 Å². The first-order chi connectivity index (χ1) is 12.9. The number of hydrogen-bond acceptors (Lipinski definition) is 4. The van der Waals surface area contributed by atoms with Crippen LogP contribution in [0.4, 0.5) is 0 Å². The number of carbonyl (C=O) groups is 1. The van der Waals surface area contributed by atoms with Crippen LogP contribution in [0.15, 0.2) is 18.2 Å². The van der Waals surface area contributed by atoms with E-state index in [4.69, 9.17) is 23.2 Å². The van der Waals surface area contributed by atoms with Crippen LogP contribution in [0.5, 0.6) is 0 Å². The van der Waals surface area contributed by atoms with E-state index in [9.17, 15) is 14.9 Å². The maximum atomic E-state index is 13.1. The summed E-state index contributed by atoms with van der Waals surface area (Å²) in [6, 6.07) is 3.25. The molecule has 1 saturated heterocycles. The van der Waals surface area contributed by atoms with E-state index in [1.807, 2.05) is 0 Å². The van der Waals surface area contributed by atoms with Crippen molar-refractivity contribution in [1.82, 2.24) is 9.80 Å². The molecule has 28 heavy (non-hydrogen) atoms. The van der Waals surface area contributed by atoms with Crippen molar-refractivity contribution in [2.75, 3.05) is 20.1 Å². The first kappa shape index (κ1) is 23.2. The molecule has 1 aliphatic carbocycles. The lowest BCUT2D eigenvalue weighted by Gasteiger charge is -2.42. The Labute approximate surface area is 181 Å². The average Bonchev–Trinajstić information content (AvgIpc) is 3.18. The molecule has 1 saturated carbocycles. The van der Waals surface area contributed by atoms with Gasteiger partial charge in [0.1, 0.15) is 0 Å². The minimum atomic E-state index is -1.47. The van der Waals surface area contributed by atoms with Crippen molar-refractivity contribution in [3.8, 4) is 0 Å². The lowest BCUT2D eigenvalue weighted by molar-refractivity contribution is -0.515. The number of halogens is 3. The minimum Gasteiger partial charge on any atom is -0.335 e. The van der Waals surface area contributed by atoms with Crippen molar-refractivity contribution in [3.63, 3.8) is 0 Å². The molecule has 0 radical (unpaired) electrons. The summed E-state index contributed by atoms with van der Waals surface area (Å²) >= 11 is 11.9. The van der Waals surface area contributed by atoms with Crippen molar-refractivity contribution in [3.05, 3.63) is 43.9 Å². The fourth-order valence-electron chi connectivity index (χ4n) is 4.44. The molecule has 0 aromatic heterocycles. The van der Waals surface area contributed by atoms with Crippen LogP contribution in [0, 0.1) is 10.1 Å². The molecule has 3 rings (SSSR count). The van der Waals surface area contributed by atoms with Crippen LogP contribution in [0.3, 0.4) is 0 Å². The third-order valence-electron chi connectivity index (χ3n) is 5.85. The summed E-state index contributed by atoms with van der Waals surface area (Å²) in [6.07, 6.45) is 6.48. The average molecular weight is 451 g/mol. The predicted octanol–water partition coefficient (Wildman–Crippen LogP) is 4.60. The van der Waals surface area contributed by atoms with Crippen molar-refractivity contribution >= 4 is 41.5 Å². The molecule has 2 fully saturated rings. The smallest absolute Gasteiger partial charge is 0.315 e. The molecule has 0 bridgehead atoms. The van der Waals surface area contributed by atoms with E-state index >= 15 is 0 Å². The number of carbonyl (C=O) groups excluding carboxylic acids is 1. The van der Waals surface area contributed by atoms with E-state index in [1.54, 1.807) is 11.9 Å². The van der Waals surface area contributed by atoms with Gasteiger partial charge in [-0.25, -0.2) is 0 Å². The molecule has 9 heteroatoms. The van der Waals surface area contributed by atoms with Gasteiger partial charge in [-0.05, 0) is 50.9 Å². The molecule has 1 heterocycles. The Bertz CT molecular complexity index is 713. The van der Waals surface area contributed by atoms with Gasteiger partial charge in [-0.15, -0.1) is 12.4 Å². The molecule has 3 atom stereocenters. The van der Waals surface area contributed by atoms with Gasteiger partial charge in [0.05, 0.1) is 10.0 Å². The second kappa shape index (κ2) is 10.1. The van der Waals surface area contributed by atoms with Gasteiger partial charge in [-0.2, -0.15) is 0 Å². The van der Waals surface area contributed by atoms with Gasteiger partial charge in [0.2, 0.25) is 0 Å². The third kappa shape index (κ3) is 4.90. The number of nitrogens with zero attached hydrogens (tertiary/aromatic N) is 3. The molecule has 0 N–H and O–H groups in total. The number of hydrogen-bond donors (Lipinski definition) is 0. The highest BCUT2D eigenvalue weighted by molar-refractivity contribution is 6.42. The number of likely N-dealkylation sites (N-methyl/N-ethyl adjacent to an activating group) is 1. The van der Waals surface area contributed by atoms with Crippen LogP contribution in [0.1, 0.15) is 50.1 Å². The Morgan fingerprint density at radius 3 is 2.43 bits per heavy atom. The van der Waals surface area contributed by atoms with E-state index in [0.717, 1.165) is 38.8 Å². The van der Waals surface area contributed by atoms with Gasteiger partial charge in [0.15, 0.2) is 0 Å². The van der Waals surface area contributed by atoms with Crippen LogP contribution in [-0.2, 0) is 4.79 Å². The fraction of sp³-hybridized carbons (Fsp3) is 0.632. The van der Waals surface area contributed by atoms with Gasteiger partial charge >= 0.3 is 11.9 Å². The van der Waals surface area contributed by atoms with Crippen molar-refractivity contribution < 1.29 is 9.72 Å². The lowest BCUT2D eigenvalue weighted by Crippen LogP contribution is -2.54. The first-order valence-corrected chi connectivity index (χ1v) is 10.2. The van der Waals surface area contributed by atoms with Crippen molar-refractivity contribution in [2.45, 2.75) is 56.7 Å². The van der Waals surface area contributed by atoms with Crippen LogP contribution in [0.25, 0.3) is 0 Å². The number of benzene rings is 1. The SMILES string of the molecule is CN(C(=O)C(c1ccc(Cl)c(Cl)c1)[N+](=O)[O-])[C@@H]1CCCC[C@H]1N1CCCC1.Cl. The molecular weight excluding hydrogens is 425 g/mol. The Hall–Kier alpha value is -1.08.